The number of hydrogen-bond donors (Lipinski definition) is 3. The predicted octanol–water partition coefficient (Wildman–Crippen LogP) is 0.470. The van der Waals surface area contributed by atoms with Gasteiger partial charge < -0.3 is 10.2 Å². The number of hydrogen-bond acceptors (Lipinski definition) is 2. The maximum Gasteiger partial charge on any atom is 0.321 e. The van der Waals surface area contributed by atoms with Gasteiger partial charge in [0, 0.05) is 6.54 Å². The van der Waals surface area contributed by atoms with Crippen molar-refractivity contribution >= 4 is 11.9 Å². The molecule has 0 radical (unpaired) electrons. The molecule has 5 nitrogen and oxygen atoms in total. The first-order valence-electron chi connectivity index (χ1n) is 7.61. The molecular formula is C16H24N3O2+. The highest BCUT2D eigenvalue weighted by Gasteiger charge is 2.24. The second-order valence-corrected chi connectivity index (χ2v) is 5.70. The number of carbonyl (C=O) groups is 2. The number of quaternary nitrogens is 1. The summed E-state index contributed by atoms with van der Waals surface area (Å²) in [5.41, 5.74) is 1.01. The highest BCUT2D eigenvalue weighted by Crippen LogP contribution is 2.01. The quantitative estimate of drug-likeness (QED) is 0.755. The Bertz CT molecular complexity index is 476. The summed E-state index contributed by atoms with van der Waals surface area (Å²) >= 11 is 0. The molecule has 1 unspecified atom stereocenters. The van der Waals surface area contributed by atoms with Crippen molar-refractivity contribution in [3.63, 3.8) is 0 Å². The molecule has 114 valence electrons. The summed E-state index contributed by atoms with van der Waals surface area (Å²) in [6.07, 6.45) is 3.56. The number of piperidine rings is 1. The maximum atomic E-state index is 11.9. The molecule has 1 heterocycles. The van der Waals surface area contributed by atoms with E-state index in [0.29, 0.717) is 19.1 Å². The lowest BCUT2D eigenvalue weighted by Crippen LogP contribution is -3.17. The topological polar surface area (TPSA) is 62.6 Å². The molecule has 3 amide bonds. The van der Waals surface area contributed by atoms with E-state index in [1.54, 1.807) is 0 Å². The fraction of sp³-hybridized carbons (Fsp3) is 0.500. The van der Waals surface area contributed by atoms with E-state index in [0.717, 1.165) is 24.9 Å². The van der Waals surface area contributed by atoms with Gasteiger partial charge in [0.1, 0.15) is 0 Å². The summed E-state index contributed by atoms with van der Waals surface area (Å²) in [6.45, 7) is 3.98. The zero-order valence-corrected chi connectivity index (χ0v) is 12.5. The average Bonchev–Trinajstić information content (AvgIpc) is 2.48. The molecule has 1 aliphatic rings. The summed E-state index contributed by atoms with van der Waals surface area (Å²) in [5, 5.41) is 5.11. The summed E-state index contributed by atoms with van der Waals surface area (Å²) < 4.78 is 0. The molecule has 0 bridgehead atoms. The first kappa shape index (κ1) is 15.5. The van der Waals surface area contributed by atoms with Gasteiger partial charge in [-0.1, -0.05) is 30.3 Å². The van der Waals surface area contributed by atoms with Crippen LogP contribution in [-0.2, 0) is 11.3 Å². The lowest BCUT2D eigenvalue weighted by Gasteiger charge is -2.29. The minimum Gasteiger partial charge on any atom is -0.334 e. The smallest absolute Gasteiger partial charge is 0.321 e. The van der Waals surface area contributed by atoms with Crippen LogP contribution in [0.1, 0.15) is 31.7 Å². The lowest BCUT2D eigenvalue weighted by molar-refractivity contribution is -0.920. The standard InChI is InChI=1S/C16H23N3O2/c1-13-7-5-6-10-19(13)12-15(20)18-16(21)17-11-14-8-3-2-4-9-14/h2-4,8-9,13H,5-7,10-12H2,1H3,(H2,17,18,20,21)/p+1/t13-/m1/s1. The first-order valence-corrected chi connectivity index (χ1v) is 7.61. The van der Waals surface area contributed by atoms with Gasteiger partial charge in [0.05, 0.1) is 12.6 Å². The zero-order valence-electron chi connectivity index (χ0n) is 12.5. The Morgan fingerprint density at radius 1 is 1.24 bits per heavy atom. The molecule has 0 aliphatic carbocycles. The van der Waals surface area contributed by atoms with Crippen LogP contribution >= 0.6 is 0 Å². The molecule has 3 N–H and O–H groups in total. The van der Waals surface area contributed by atoms with Gasteiger partial charge in [-0.25, -0.2) is 4.79 Å². The summed E-state index contributed by atoms with van der Waals surface area (Å²) in [6, 6.07) is 9.70. The molecule has 5 heteroatoms. The molecule has 0 aromatic heterocycles. The maximum absolute atomic E-state index is 11.9. The fourth-order valence-electron chi connectivity index (χ4n) is 2.72. The highest BCUT2D eigenvalue weighted by atomic mass is 16.2. The molecule has 2 atom stereocenters. The number of amides is 3. The minimum atomic E-state index is -0.423. The Kier molecular flexibility index (Phi) is 5.75. The van der Waals surface area contributed by atoms with Crippen LogP contribution in [0.4, 0.5) is 4.79 Å². The third-order valence-corrected chi connectivity index (χ3v) is 4.02. The number of nitrogens with one attached hydrogen (secondary N) is 3. The van der Waals surface area contributed by atoms with E-state index in [2.05, 4.69) is 17.6 Å². The molecule has 1 aliphatic heterocycles. The lowest BCUT2D eigenvalue weighted by atomic mass is 10.0. The zero-order chi connectivity index (χ0) is 15.1. The molecule has 0 saturated carbocycles. The van der Waals surface area contributed by atoms with Crippen molar-refractivity contribution < 1.29 is 14.5 Å². The van der Waals surface area contributed by atoms with Gasteiger partial charge in [-0.15, -0.1) is 0 Å². The molecule has 0 spiro atoms. The van der Waals surface area contributed by atoms with Gasteiger partial charge in [0.2, 0.25) is 0 Å². The average molecular weight is 290 g/mol. The van der Waals surface area contributed by atoms with Gasteiger partial charge in [-0.05, 0) is 31.7 Å². The normalized spacial score (nSPS) is 21.6. The molecule has 1 fully saturated rings. The third kappa shape index (κ3) is 5.19. The van der Waals surface area contributed by atoms with Gasteiger partial charge >= 0.3 is 6.03 Å². The summed E-state index contributed by atoms with van der Waals surface area (Å²) in [7, 11) is 0. The van der Waals surface area contributed by atoms with Gasteiger partial charge in [-0.3, -0.25) is 10.1 Å². The van der Waals surface area contributed by atoms with Crippen molar-refractivity contribution in [3.05, 3.63) is 35.9 Å². The Morgan fingerprint density at radius 3 is 2.71 bits per heavy atom. The Labute approximate surface area is 125 Å². The summed E-state index contributed by atoms with van der Waals surface area (Å²) in [5.74, 6) is -0.204. The van der Waals surface area contributed by atoms with Crippen LogP contribution in [0.2, 0.25) is 0 Å². The second-order valence-electron chi connectivity index (χ2n) is 5.70. The van der Waals surface area contributed by atoms with Crippen LogP contribution in [0.25, 0.3) is 0 Å². The number of benzene rings is 1. The van der Waals surface area contributed by atoms with Crippen molar-refractivity contribution in [2.24, 2.45) is 0 Å². The third-order valence-electron chi connectivity index (χ3n) is 4.02. The van der Waals surface area contributed by atoms with Crippen molar-refractivity contribution in [2.75, 3.05) is 13.1 Å². The molecule has 1 aromatic carbocycles. The highest BCUT2D eigenvalue weighted by molar-refractivity contribution is 5.94. The largest absolute Gasteiger partial charge is 0.334 e. The van der Waals surface area contributed by atoms with E-state index >= 15 is 0 Å². The Morgan fingerprint density at radius 2 is 2.00 bits per heavy atom. The van der Waals surface area contributed by atoms with E-state index in [-0.39, 0.29) is 5.91 Å². The number of imide groups is 1. The fourth-order valence-corrected chi connectivity index (χ4v) is 2.72. The molecular weight excluding hydrogens is 266 g/mol. The number of rotatable bonds is 4. The molecule has 1 saturated heterocycles. The van der Waals surface area contributed by atoms with Crippen LogP contribution < -0.4 is 15.5 Å². The Balaban J connectivity index is 1.70. The second kappa shape index (κ2) is 7.78. The van der Waals surface area contributed by atoms with Gasteiger partial charge in [-0.2, -0.15) is 0 Å². The van der Waals surface area contributed by atoms with Crippen molar-refractivity contribution in [1.29, 1.82) is 0 Å². The first-order chi connectivity index (χ1) is 10.1. The number of likely N-dealkylation sites (tertiary alicyclic amines) is 1. The van der Waals surface area contributed by atoms with Gasteiger partial charge in [0.15, 0.2) is 6.54 Å². The Hall–Kier alpha value is -1.88. The van der Waals surface area contributed by atoms with Crippen LogP contribution in [-0.4, -0.2) is 31.1 Å². The number of carbonyl (C=O) groups excluding carboxylic acids is 2. The van der Waals surface area contributed by atoms with Gasteiger partial charge in [0.25, 0.3) is 5.91 Å². The van der Waals surface area contributed by atoms with E-state index < -0.39 is 6.03 Å². The van der Waals surface area contributed by atoms with Crippen LogP contribution in [0.15, 0.2) is 30.3 Å². The SMILES string of the molecule is C[C@@H]1CCCC[NH+]1CC(=O)NC(=O)NCc1ccccc1. The van der Waals surface area contributed by atoms with E-state index in [4.69, 9.17) is 0 Å². The molecule has 2 rings (SSSR count). The molecule has 21 heavy (non-hydrogen) atoms. The molecule has 1 aromatic rings. The van der Waals surface area contributed by atoms with Crippen LogP contribution in [0.3, 0.4) is 0 Å². The van der Waals surface area contributed by atoms with Crippen LogP contribution in [0.5, 0.6) is 0 Å². The van der Waals surface area contributed by atoms with E-state index in [9.17, 15) is 9.59 Å². The predicted molar refractivity (Wildman–Crippen MR) is 80.8 cm³/mol. The minimum absolute atomic E-state index is 0.204. The van der Waals surface area contributed by atoms with Crippen molar-refractivity contribution in [1.82, 2.24) is 10.6 Å². The monoisotopic (exact) mass is 290 g/mol. The van der Waals surface area contributed by atoms with E-state index in [1.165, 1.54) is 11.3 Å². The summed E-state index contributed by atoms with van der Waals surface area (Å²) in [4.78, 5) is 24.9. The van der Waals surface area contributed by atoms with Crippen molar-refractivity contribution in [3.8, 4) is 0 Å². The van der Waals surface area contributed by atoms with Crippen LogP contribution in [0, 0.1) is 0 Å². The number of urea groups is 1. The van der Waals surface area contributed by atoms with E-state index in [1.807, 2.05) is 30.3 Å². The van der Waals surface area contributed by atoms with Crippen molar-refractivity contribution in [2.45, 2.75) is 38.8 Å².